The van der Waals surface area contributed by atoms with Crippen molar-refractivity contribution in [2.24, 2.45) is 0 Å². The van der Waals surface area contributed by atoms with Crippen molar-refractivity contribution in [3.63, 3.8) is 0 Å². The van der Waals surface area contributed by atoms with Crippen molar-refractivity contribution >= 4 is 32.3 Å². The number of nitrogens with zero attached hydrogens (tertiary/aromatic N) is 2. The van der Waals surface area contributed by atoms with Gasteiger partial charge in [0.1, 0.15) is 0 Å². The molecule has 1 spiro atoms. The Bertz CT molecular complexity index is 3900. The summed E-state index contributed by atoms with van der Waals surface area (Å²) in [6, 6.07) is 88.7. The Balaban J connectivity index is 0.980. The van der Waals surface area contributed by atoms with Crippen LogP contribution in [-0.4, -0.2) is 9.97 Å². The molecule has 0 amide bonds. The van der Waals surface area contributed by atoms with E-state index in [1.54, 1.807) is 0 Å². The van der Waals surface area contributed by atoms with Crippen LogP contribution in [0, 0.1) is 0 Å². The molecule has 0 aliphatic heterocycles. The molecular formula is C65H40N2. The van der Waals surface area contributed by atoms with Crippen molar-refractivity contribution in [2.75, 3.05) is 0 Å². The van der Waals surface area contributed by atoms with Gasteiger partial charge >= 0.3 is 0 Å². The Morgan fingerprint density at radius 2 is 0.672 bits per heavy atom. The topological polar surface area (TPSA) is 25.8 Å². The average molecular weight is 849 g/mol. The Hall–Kier alpha value is -8.72. The van der Waals surface area contributed by atoms with E-state index in [0.29, 0.717) is 5.82 Å². The fraction of sp³-hybridized carbons (Fsp3) is 0.0154. The molecule has 0 fully saturated rings. The van der Waals surface area contributed by atoms with Crippen molar-refractivity contribution in [3.05, 3.63) is 265 Å². The van der Waals surface area contributed by atoms with E-state index in [1.165, 1.54) is 93.5 Å². The molecule has 0 N–H and O–H groups in total. The van der Waals surface area contributed by atoms with E-state index in [-0.39, 0.29) is 0 Å². The third-order valence-electron chi connectivity index (χ3n) is 14.5. The number of hydrogen-bond acceptors (Lipinski definition) is 2. The molecule has 310 valence electrons. The van der Waals surface area contributed by atoms with E-state index < -0.39 is 5.41 Å². The first-order chi connectivity index (χ1) is 33.2. The molecule has 0 saturated carbocycles. The Kier molecular flexibility index (Phi) is 8.23. The summed E-state index contributed by atoms with van der Waals surface area (Å²) in [7, 11) is 0. The average Bonchev–Trinajstić information content (AvgIpc) is 3.89. The van der Waals surface area contributed by atoms with Crippen LogP contribution in [0.1, 0.15) is 22.3 Å². The van der Waals surface area contributed by atoms with Gasteiger partial charge in [-0.05, 0) is 111 Å². The molecule has 2 aliphatic rings. The van der Waals surface area contributed by atoms with Gasteiger partial charge in [-0.3, -0.25) is 0 Å². The van der Waals surface area contributed by atoms with Crippen LogP contribution in [0.4, 0.5) is 0 Å². The fourth-order valence-electron chi connectivity index (χ4n) is 11.7. The summed E-state index contributed by atoms with van der Waals surface area (Å²) in [5, 5.41) is 7.69. The monoisotopic (exact) mass is 848 g/mol. The van der Waals surface area contributed by atoms with Gasteiger partial charge in [0.05, 0.1) is 16.8 Å². The molecule has 12 aromatic rings. The van der Waals surface area contributed by atoms with Gasteiger partial charge in [-0.15, -0.1) is 0 Å². The second-order valence-electron chi connectivity index (χ2n) is 17.9. The first-order valence-electron chi connectivity index (χ1n) is 23.1. The molecule has 2 heteroatoms. The number of benzene rings is 11. The molecule has 0 atom stereocenters. The van der Waals surface area contributed by atoms with Gasteiger partial charge in [0.15, 0.2) is 5.82 Å². The van der Waals surface area contributed by atoms with Crippen LogP contribution in [0.15, 0.2) is 243 Å². The molecule has 0 saturated heterocycles. The fourth-order valence-corrected chi connectivity index (χ4v) is 11.7. The lowest BCUT2D eigenvalue weighted by atomic mass is 9.68. The molecule has 1 aromatic heterocycles. The van der Waals surface area contributed by atoms with Gasteiger partial charge in [0.2, 0.25) is 0 Å². The summed E-state index contributed by atoms with van der Waals surface area (Å²) in [6.45, 7) is 0. The van der Waals surface area contributed by atoms with E-state index in [9.17, 15) is 0 Å². The maximum atomic E-state index is 5.21. The number of aromatic nitrogens is 2. The SMILES string of the molecule is c1ccc(-c2ccc(-c3cc(-c4ccc(-c5cc6c(c7ccccc57)C5(c7ccccc7-c7ccccc75)c5c-6c6ccccc6c6ccccc56)cc4)nc(-c4ccccc4)n3)cc2)cc1. The minimum atomic E-state index is -0.521. The molecule has 1 heterocycles. The maximum absolute atomic E-state index is 5.21. The van der Waals surface area contributed by atoms with Gasteiger partial charge in [0, 0.05) is 16.7 Å². The zero-order valence-electron chi connectivity index (χ0n) is 36.5. The van der Waals surface area contributed by atoms with Crippen molar-refractivity contribution in [1.82, 2.24) is 9.97 Å². The lowest BCUT2D eigenvalue weighted by molar-refractivity contribution is 0.809. The van der Waals surface area contributed by atoms with Gasteiger partial charge in [-0.25, -0.2) is 9.97 Å². The summed E-state index contributed by atoms with van der Waals surface area (Å²) in [5.74, 6) is 0.705. The minimum absolute atomic E-state index is 0.521. The van der Waals surface area contributed by atoms with Crippen molar-refractivity contribution in [1.29, 1.82) is 0 Å². The number of hydrogen-bond donors (Lipinski definition) is 0. The van der Waals surface area contributed by atoms with Crippen LogP contribution >= 0.6 is 0 Å². The molecular weight excluding hydrogens is 809 g/mol. The predicted molar refractivity (Wildman–Crippen MR) is 278 cm³/mol. The molecule has 11 aromatic carbocycles. The third kappa shape index (κ3) is 5.51. The number of rotatable bonds is 5. The Morgan fingerprint density at radius 3 is 1.27 bits per heavy atom. The Morgan fingerprint density at radius 1 is 0.254 bits per heavy atom. The quantitative estimate of drug-likeness (QED) is 0.161. The summed E-state index contributed by atoms with van der Waals surface area (Å²) in [4.78, 5) is 10.3. The third-order valence-corrected chi connectivity index (χ3v) is 14.5. The summed E-state index contributed by atoms with van der Waals surface area (Å²) in [5.41, 5.74) is 19.8. The van der Waals surface area contributed by atoms with Crippen LogP contribution in [0.25, 0.3) is 111 Å². The second-order valence-corrected chi connectivity index (χ2v) is 17.9. The van der Waals surface area contributed by atoms with E-state index >= 15 is 0 Å². The van der Waals surface area contributed by atoms with Crippen molar-refractivity contribution < 1.29 is 0 Å². The van der Waals surface area contributed by atoms with Crippen LogP contribution in [-0.2, 0) is 5.41 Å². The van der Waals surface area contributed by atoms with Gasteiger partial charge in [-0.2, -0.15) is 0 Å². The molecule has 2 nitrogen and oxygen atoms in total. The van der Waals surface area contributed by atoms with E-state index in [1.807, 2.05) is 18.2 Å². The van der Waals surface area contributed by atoms with E-state index in [4.69, 9.17) is 9.97 Å². The lowest BCUT2D eigenvalue weighted by Crippen LogP contribution is -2.26. The standard InChI is InChI=1S/C65H40N2/c1-3-17-41(18-4-1)42-31-35-44(36-32-42)59-40-60(67-64(66-59)46-19-5-2-6-20-46)45-37-33-43(34-38-45)55-39-56-61-52-26-10-7-21-47(52)48-22-8-12-28-54(48)63(61)65(62(56)53-27-11-9-23-49(53)55)57-29-15-13-24-50(57)51-25-14-16-30-58(51)65/h1-40H. The van der Waals surface area contributed by atoms with E-state index in [2.05, 4.69) is 224 Å². The van der Waals surface area contributed by atoms with Crippen LogP contribution in [0.3, 0.4) is 0 Å². The highest BCUT2D eigenvalue weighted by molar-refractivity contribution is 6.22. The second kappa shape index (κ2) is 14.7. The van der Waals surface area contributed by atoms with Crippen LogP contribution in [0.2, 0.25) is 0 Å². The van der Waals surface area contributed by atoms with Crippen molar-refractivity contribution in [2.45, 2.75) is 5.41 Å². The largest absolute Gasteiger partial charge is 0.228 e. The lowest BCUT2D eigenvalue weighted by Gasteiger charge is -2.33. The maximum Gasteiger partial charge on any atom is 0.160 e. The molecule has 67 heavy (non-hydrogen) atoms. The Labute approximate surface area is 389 Å². The van der Waals surface area contributed by atoms with Crippen LogP contribution < -0.4 is 0 Å². The highest BCUT2D eigenvalue weighted by atomic mass is 14.9. The molecule has 2 aliphatic carbocycles. The highest BCUT2D eigenvalue weighted by Crippen LogP contribution is 2.67. The summed E-state index contributed by atoms with van der Waals surface area (Å²) >= 11 is 0. The highest BCUT2D eigenvalue weighted by Gasteiger charge is 2.54. The smallest absolute Gasteiger partial charge is 0.160 e. The summed E-state index contributed by atoms with van der Waals surface area (Å²) in [6.07, 6.45) is 0. The predicted octanol–water partition coefficient (Wildman–Crippen LogP) is 16.6. The molecule has 0 radical (unpaired) electrons. The first kappa shape index (κ1) is 37.6. The molecule has 0 unspecified atom stereocenters. The normalized spacial score (nSPS) is 12.9. The first-order valence-corrected chi connectivity index (χ1v) is 23.1. The van der Waals surface area contributed by atoms with Gasteiger partial charge in [-0.1, -0.05) is 231 Å². The minimum Gasteiger partial charge on any atom is -0.228 e. The number of fused-ring (bicyclic) bond motifs is 17. The van der Waals surface area contributed by atoms with Crippen molar-refractivity contribution in [3.8, 4) is 78.4 Å². The molecule has 14 rings (SSSR count). The summed E-state index contributed by atoms with van der Waals surface area (Å²) < 4.78 is 0. The van der Waals surface area contributed by atoms with Crippen LogP contribution in [0.5, 0.6) is 0 Å². The van der Waals surface area contributed by atoms with Gasteiger partial charge < -0.3 is 0 Å². The molecule has 0 bridgehead atoms. The van der Waals surface area contributed by atoms with E-state index in [0.717, 1.165) is 33.6 Å². The van der Waals surface area contributed by atoms with Gasteiger partial charge in [0.25, 0.3) is 0 Å². The zero-order valence-corrected chi connectivity index (χ0v) is 36.5. The zero-order chi connectivity index (χ0) is 44.1.